The van der Waals surface area contributed by atoms with E-state index < -0.39 is 0 Å². The van der Waals surface area contributed by atoms with Gasteiger partial charge >= 0.3 is 0 Å². The monoisotopic (exact) mass is 307 g/mol. The van der Waals surface area contributed by atoms with Crippen LogP contribution in [0.25, 0.3) is 0 Å². The Balaban J connectivity index is 1.48. The van der Waals surface area contributed by atoms with Crippen molar-refractivity contribution in [2.75, 3.05) is 26.2 Å². The summed E-state index contributed by atoms with van der Waals surface area (Å²) < 4.78 is 0. The van der Waals surface area contributed by atoms with Crippen molar-refractivity contribution in [2.24, 2.45) is 5.92 Å². The summed E-state index contributed by atoms with van der Waals surface area (Å²) in [4.78, 5) is 17.9. The quantitative estimate of drug-likeness (QED) is 0.906. The number of hydrogen-bond acceptors (Lipinski definition) is 2. The number of piperidine rings is 2. The Morgan fingerprint density at radius 3 is 2.62 bits per heavy atom. The lowest BCUT2D eigenvalue weighted by Gasteiger charge is -2.34. The van der Waals surface area contributed by atoms with Crippen LogP contribution in [0.1, 0.15) is 42.5 Å². The van der Waals surface area contributed by atoms with Crippen molar-refractivity contribution in [1.82, 2.24) is 4.90 Å². The molecule has 2 saturated heterocycles. The Labute approximate surface area is 131 Å². The van der Waals surface area contributed by atoms with Crippen LogP contribution in [-0.2, 0) is 11.3 Å². The third-order valence-corrected chi connectivity index (χ3v) is 6.11. The molecule has 2 aliphatic heterocycles. The number of carbonyl (C=O) groups excluding carboxylic acids is 1. The molecule has 3 nitrogen and oxygen atoms in total. The number of nitrogens with zero attached hydrogens (tertiary/aromatic N) is 1. The second-order valence-corrected chi connectivity index (χ2v) is 7.61. The highest BCUT2D eigenvalue weighted by molar-refractivity contribution is 7.10. The van der Waals surface area contributed by atoms with Gasteiger partial charge in [0.25, 0.3) is 0 Å². The van der Waals surface area contributed by atoms with Crippen molar-refractivity contribution in [1.29, 1.82) is 0 Å². The lowest BCUT2D eigenvalue weighted by Crippen LogP contribution is -3.11. The summed E-state index contributed by atoms with van der Waals surface area (Å²) in [6.45, 7) is 7.66. The first-order valence-corrected chi connectivity index (χ1v) is 9.27. The zero-order chi connectivity index (χ0) is 14.7. The fraction of sp³-hybridized carbons (Fsp3) is 0.706. The molecule has 1 aromatic rings. The second kappa shape index (κ2) is 6.93. The molecule has 116 valence electrons. The van der Waals surface area contributed by atoms with E-state index in [1.165, 1.54) is 29.7 Å². The van der Waals surface area contributed by atoms with E-state index in [0.29, 0.717) is 11.8 Å². The number of quaternary nitrogens is 1. The van der Waals surface area contributed by atoms with Gasteiger partial charge in [0.05, 0.1) is 18.0 Å². The summed E-state index contributed by atoms with van der Waals surface area (Å²) in [5.41, 5.74) is 1.43. The summed E-state index contributed by atoms with van der Waals surface area (Å²) in [6.07, 6.45) is 5.86. The number of amides is 1. The van der Waals surface area contributed by atoms with Crippen LogP contribution in [0.15, 0.2) is 11.4 Å². The minimum atomic E-state index is 0.302. The summed E-state index contributed by atoms with van der Waals surface area (Å²) in [6, 6.07) is 2.21. The van der Waals surface area contributed by atoms with Crippen LogP contribution in [0, 0.1) is 12.8 Å². The Hall–Kier alpha value is -0.870. The summed E-state index contributed by atoms with van der Waals surface area (Å²) in [5, 5.41) is 2.19. The van der Waals surface area contributed by atoms with Gasteiger partial charge in [0, 0.05) is 31.8 Å². The van der Waals surface area contributed by atoms with E-state index in [1.54, 1.807) is 4.90 Å². The zero-order valence-electron chi connectivity index (χ0n) is 13.1. The van der Waals surface area contributed by atoms with Crippen LogP contribution in [0.2, 0.25) is 0 Å². The van der Waals surface area contributed by atoms with Crippen LogP contribution in [0.5, 0.6) is 0 Å². The maximum atomic E-state index is 12.5. The Morgan fingerprint density at radius 2 is 2.00 bits per heavy atom. The molecule has 1 N–H and O–H groups in total. The number of aryl methyl sites for hydroxylation is 1. The van der Waals surface area contributed by atoms with Crippen LogP contribution < -0.4 is 4.90 Å². The van der Waals surface area contributed by atoms with E-state index in [-0.39, 0.29) is 0 Å². The molecule has 0 radical (unpaired) electrons. The molecule has 4 heteroatoms. The fourth-order valence-electron chi connectivity index (χ4n) is 3.63. The highest BCUT2D eigenvalue weighted by Crippen LogP contribution is 2.19. The number of rotatable bonds is 3. The molecular weight excluding hydrogens is 280 g/mol. The van der Waals surface area contributed by atoms with Crippen molar-refractivity contribution >= 4 is 17.2 Å². The average molecular weight is 307 g/mol. The molecule has 2 fully saturated rings. The van der Waals surface area contributed by atoms with Gasteiger partial charge in [-0.25, -0.2) is 0 Å². The van der Waals surface area contributed by atoms with Crippen LogP contribution >= 0.6 is 11.3 Å². The maximum Gasteiger partial charge on any atom is 0.226 e. The van der Waals surface area contributed by atoms with Gasteiger partial charge in [-0.1, -0.05) is 0 Å². The predicted octanol–water partition coefficient (Wildman–Crippen LogP) is 1.86. The van der Waals surface area contributed by atoms with Crippen molar-refractivity contribution < 1.29 is 9.69 Å². The van der Waals surface area contributed by atoms with Gasteiger partial charge in [-0.2, -0.15) is 0 Å². The Kier molecular flexibility index (Phi) is 4.96. The third-order valence-electron chi connectivity index (χ3n) is 5.09. The molecule has 1 amide bonds. The van der Waals surface area contributed by atoms with E-state index in [9.17, 15) is 4.79 Å². The summed E-state index contributed by atoms with van der Waals surface area (Å²) >= 11 is 1.88. The smallest absolute Gasteiger partial charge is 0.226 e. The van der Waals surface area contributed by atoms with Gasteiger partial charge in [0.1, 0.15) is 6.54 Å². The molecule has 1 aromatic heterocycles. The number of thiophene rings is 1. The van der Waals surface area contributed by atoms with Crippen molar-refractivity contribution in [3.8, 4) is 0 Å². The highest BCUT2D eigenvalue weighted by Gasteiger charge is 2.31. The van der Waals surface area contributed by atoms with Gasteiger partial charge in [0.15, 0.2) is 0 Å². The molecule has 0 bridgehead atoms. The Bertz CT molecular complexity index is 471. The fourth-order valence-corrected chi connectivity index (χ4v) is 4.61. The molecule has 0 atom stereocenters. The van der Waals surface area contributed by atoms with E-state index in [1.807, 2.05) is 11.3 Å². The van der Waals surface area contributed by atoms with Crippen molar-refractivity contribution in [3.05, 3.63) is 21.9 Å². The molecule has 0 spiro atoms. The van der Waals surface area contributed by atoms with E-state index >= 15 is 0 Å². The largest absolute Gasteiger partial charge is 0.342 e. The standard InChI is InChI=1S/C17H26N2OS/c1-14-7-12-21-16(14)13-18-10-5-15(6-11-18)17(20)19-8-3-2-4-9-19/h7,12,15H,2-6,8-11,13H2,1H3/p+1. The van der Waals surface area contributed by atoms with Crippen molar-refractivity contribution in [3.63, 3.8) is 0 Å². The molecule has 2 aliphatic rings. The molecule has 3 rings (SSSR count). The number of hydrogen-bond donors (Lipinski definition) is 1. The molecule has 0 saturated carbocycles. The number of carbonyl (C=O) groups is 1. The van der Waals surface area contributed by atoms with E-state index in [0.717, 1.165) is 45.6 Å². The van der Waals surface area contributed by atoms with Gasteiger partial charge < -0.3 is 9.80 Å². The maximum absolute atomic E-state index is 12.5. The first-order chi connectivity index (χ1) is 10.2. The lowest BCUT2D eigenvalue weighted by atomic mass is 9.94. The minimum Gasteiger partial charge on any atom is -0.342 e. The van der Waals surface area contributed by atoms with Gasteiger partial charge in [-0.05, 0) is 43.2 Å². The molecule has 0 aliphatic carbocycles. The summed E-state index contributed by atoms with van der Waals surface area (Å²) in [5.74, 6) is 0.748. The van der Waals surface area contributed by atoms with Crippen LogP contribution in [0.3, 0.4) is 0 Å². The minimum absolute atomic E-state index is 0.302. The first kappa shape index (κ1) is 15.0. The normalized spacial score (nSPS) is 26.8. The van der Waals surface area contributed by atoms with Gasteiger partial charge in [-0.15, -0.1) is 11.3 Å². The average Bonchev–Trinajstić information content (AvgIpc) is 2.93. The van der Waals surface area contributed by atoms with E-state index in [2.05, 4.69) is 23.3 Å². The topological polar surface area (TPSA) is 24.8 Å². The third kappa shape index (κ3) is 3.67. The van der Waals surface area contributed by atoms with Gasteiger partial charge in [-0.3, -0.25) is 4.79 Å². The molecule has 3 heterocycles. The first-order valence-electron chi connectivity index (χ1n) is 8.39. The second-order valence-electron chi connectivity index (χ2n) is 6.61. The van der Waals surface area contributed by atoms with Crippen LogP contribution in [0.4, 0.5) is 0 Å². The number of nitrogens with one attached hydrogen (secondary N) is 1. The molecular formula is C17H27N2OS+. The molecule has 0 unspecified atom stereocenters. The van der Waals surface area contributed by atoms with Crippen molar-refractivity contribution in [2.45, 2.75) is 45.6 Å². The Morgan fingerprint density at radius 1 is 1.29 bits per heavy atom. The predicted molar refractivity (Wildman–Crippen MR) is 86.6 cm³/mol. The molecule has 21 heavy (non-hydrogen) atoms. The number of likely N-dealkylation sites (tertiary alicyclic amines) is 2. The SMILES string of the molecule is Cc1ccsc1C[NH+]1CCC(C(=O)N2CCCCC2)CC1. The highest BCUT2D eigenvalue weighted by atomic mass is 32.1. The van der Waals surface area contributed by atoms with Gasteiger partial charge in [0.2, 0.25) is 5.91 Å². The lowest BCUT2D eigenvalue weighted by molar-refractivity contribution is -0.919. The van der Waals surface area contributed by atoms with Crippen LogP contribution in [-0.4, -0.2) is 37.0 Å². The van der Waals surface area contributed by atoms with E-state index in [4.69, 9.17) is 0 Å². The summed E-state index contributed by atoms with van der Waals surface area (Å²) in [7, 11) is 0. The molecule has 0 aromatic carbocycles. The zero-order valence-corrected chi connectivity index (χ0v) is 13.9.